The lowest BCUT2D eigenvalue weighted by Gasteiger charge is -2.59. The predicted molar refractivity (Wildman–Crippen MR) is 86.4 cm³/mol. The van der Waals surface area contributed by atoms with Crippen LogP contribution in [0.25, 0.3) is 0 Å². The van der Waals surface area contributed by atoms with Crippen LogP contribution >= 0.6 is 11.6 Å². The van der Waals surface area contributed by atoms with E-state index in [-0.39, 0.29) is 0 Å². The van der Waals surface area contributed by atoms with Gasteiger partial charge >= 0.3 is 0 Å². The molecule has 0 amide bonds. The Morgan fingerprint density at radius 2 is 1.86 bits per heavy atom. The van der Waals surface area contributed by atoms with Crippen molar-refractivity contribution in [3.8, 4) is 0 Å². The van der Waals surface area contributed by atoms with Gasteiger partial charge < -0.3 is 0 Å². The maximum Gasteiger partial charge on any atom is 0.136 e. The third kappa shape index (κ3) is 1.98. The number of carbonyl (C=O) groups is 1. The molecule has 0 aromatic carbocycles. The molecule has 7 atom stereocenters. The Kier molecular flexibility index (Phi) is 3.27. The standard InChI is InChI=1S/C19H29ClO/c1-18-7-3-4-14(18)17-15(6-8-18)19(2)9-5-13(20)10-12(19)11-16(17)21/h12-15,17H,3-11H2,1-2H3. The number of Topliss-reactive ketones (excluding diaryl/α,β-unsaturated/α-hetero) is 1. The van der Waals surface area contributed by atoms with Gasteiger partial charge in [-0.1, -0.05) is 20.3 Å². The van der Waals surface area contributed by atoms with Gasteiger partial charge in [-0.2, -0.15) is 0 Å². The molecule has 1 nitrogen and oxygen atoms in total. The summed E-state index contributed by atoms with van der Waals surface area (Å²) in [5.74, 6) is 2.90. The smallest absolute Gasteiger partial charge is 0.136 e. The van der Waals surface area contributed by atoms with E-state index in [4.69, 9.17) is 11.6 Å². The van der Waals surface area contributed by atoms with Crippen molar-refractivity contribution in [2.24, 2.45) is 34.5 Å². The third-order valence-electron chi connectivity index (χ3n) is 8.19. The Bertz CT molecular complexity index is 460. The van der Waals surface area contributed by atoms with Gasteiger partial charge in [0.05, 0.1) is 0 Å². The number of rotatable bonds is 0. The van der Waals surface area contributed by atoms with Crippen molar-refractivity contribution in [1.82, 2.24) is 0 Å². The molecule has 4 saturated carbocycles. The van der Waals surface area contributed by atoms with Crippen molar-refractivity contribution in [3.05, 3.63) is 0 Å². The zero-order valence-corrected chi connectivity index (χ0v) is 14.3. The lowest BCUT2D eigenvalue weighted by molar-refractivity contribution is -0.153. The molecule has 0 aliphatic heterocycles. The minimum absolute atomic E-state index is 0.313. The summed E-state index contributed by atoms with van der Waals surface area (Å²) >= 11 is 6.42. The monoisotopic (exact) mass is 308 g/mol. The van der Waals surface area contributed by atoms with E-state index in [0.29, 0.717) is 45.7 Å². The molecule has 21 heavy (non-hydrogen) atoms. The van der Waals surface area contributed by atoms with E-state index in [2.05, 4.69) is 13.8 Å². The van der Waals surface area contributed by atoms with Crippen LogP contribution in [0.4, 0.5) is 0 Å². The van der Waals surface area contributed by atoms with Crippen LogP contribution in [0.2, 0.25) is 0 Å². The Balaban J connectivity index is 1.69. The number of halogens is 1. The van der Waals surface area contributed by atoms with Gasteiger partial charge in [-0.3, -0.25) is 4.79 Å². The Morgan fingerprint density at radius 3 is 2.67 bits per heavy atom. The summed E-state index contributed by atoms with van der Waals surface area (Å²) < 4.78 is 0. The second-order valence-electron chi connectivity index (χ2n) is 9.07. The first kappa shape index (κ1) is 14.5. The number of carbonyl (C=O) groups excluding carboxylic acids is 1. The summed E-state index contributed by atoms with van der Waals surface area (Å²) in [5.41, 5.74) is 0.873. The molecule has 0 saturated heterocycles. The van der Waals surface area contributed by atoms with Crippen LogP contribution < -0.4 is 0 Å². The maximum absolute atomic E-state index is 13.0. The van der Waals surface area contributed by atoms with Gasteiger partial charge in [-0.25, -0.2) is 0 Å². The molecule has 0 heterocycles. The quantitative estimate of drug-likeness (QED) is 0.562. The Labute approximate surface area is 134 Å². The zero-order chi connectivity index (χ0) is 14.8. The first-order chi connectivity index (χ1) is 9.94. The van der Waals surface area contributed by atoms with Crippen molar-refractivity contribution in [2.45, 2.75) is 77.0 Å². The Morgan fingerprint density at radius 1 is 1.05 bits per heavy atom. The molecular formula is C19H29ClO. The average molecular weight is 309 g/mol. The SMILES string of the molecule is CC12CCCC1C1C(=O)CC3CC(Cl)CCC3(C)C1CC2. The van der Waals surface area contributed by atoms with Crippen LogP contribution in [0.15, 0.2) is 0 Å². The molecule has 0 bridgehead atoms. The molecular weight excluding hydrogens is 280 g/mol. The molecule has 4 fully saturated rings. The number of hydrogen-bond donors (Lipinski definition) is 0. The highest BCUT2D eigenvalue weighted by Gasteiger charge is 2.60. The van der Waals surface area contributed by atoms with Crippen molar-refractivity contribution in [1.29, 1.82) is 0 Å². The van der Waals surface area contributed by atoms with Crippen LogP contribution in [-0.2, 0) is 4.79 Å². The number of hydrogen-bond acceptors (Lipinski definition) is 1. The number of alkyl halides is 1. The van der Waals surface area contributed by atoms with Gasteiger partial charge in [-0.05, 0) is 73.5 Å². The maximum atomic E-state index is 13.0. The summed E-state index contributed by atoms with van der Waals surface area (Å²) in [6.07, 6.45) is 11.0. The lowest BCUT2D eigenvalue weighted by atomic mass is 9.45. The van der Waals surface area contributed by atoms with Gasteiger partial charge in [0.25, 0.3) is 0 Å². The van der Waals surface area contributed by atoms with Gasteiger partial charge in [0, 0.05) is 17.7 Å². The van der Waals surface area contributed by atoms with Crippen LogP contribution in [0.1, 0.15) is 71.6 Å². The van der Waals surface area contributed by atoms with E-state index in [1.807, 2.05) is 0 Å². The van der Waals surface area contributed by atoms with Crippen molar-refractivity contribution >= 4 is 17.4 Å². The highest BCUT2D eigenvalue weighted by Crippen LogP contribution is 2.65. The first-order valence-corrected chi connectivity index (χ1v) is 9.54. The fourth-order valence-corrected chi connectivity index (χ4v) is 7.19. The minimum atomic E-state index is 0.313. The molecule has 118 valence electrons. The fraction of sp³-hybridized carbons (Fsp3) is 0.947. The number of fused-ring (bicyclic) bond motifs is 5. The van der Waals surface area contributed by atoms with E-state index in [1.54, 1.807) is 0 Å². The first-order valence-electron chi connectivity index (χ1n) is 9.11. The van der Waals surface area contributed by atoms with E-state index in [9.17, 15) is 4.79 Å². The summed E-state index contributed by atoms with van der Waals surface area (Å²) in [5, 5.41) is 0.313. The van der Waals surface area contributed by atoms with Crippen LogP contribution in [-0.4, -0.2) is 11.2 Å². The predicted octanol–water partition coefficient (Wildman–Crippen LogP) is 5.21. The largest absolute Gasteiger partial charge is 0.299 e. The lowest BCUT2D eigenvalue weighted by Crippen LogP contribution is -2.56. The van der Waals surface area contributed by atoms with Crippen LogP contribution in [0, 0.1) is 34.5 Å². The minimum Gasteiger partial charge on any atom is -0.299 e. The molecule has 2 heteroatoms. The molecule has 4 aliphatic carbocycles. The fourth-order valence-electron chi connectivity index (χ4n) is 6.87. The second kappa shape index (κ2) is 4.73. The average Bonchev–Trinajstić information content (AvgIpc) is 2.82. The number of ketones is 1. The third-order valence-corrected chi connectivity index (χ3v) is 8.58. The van der Waals surface area contributed by atoms with Crippen molar-refractivity contribution < 1.29 is 4.79 Å². The summed E-state index contributed by atoms with van der Waals surface area (Å²) in [7, 11) is 0. The molecule has 0 aromatic heterocycles. The summed E-state index contributed by atoms with van der Waals surface area (Å²) in [6.45, 7) is 4.97. The molecule has 0 aromatic rings. The summed E-state index contributed by atoms with van der Waals surface area (Å²) in [4.78, 5) is 13.0. The second-order valence-corrected chi connectivity index (χ2v) is 9.69. The molecule has 0 N–H and O–H groups in total. The molecule has 0 spiro atoms. The van der Waals surface area contributed by atoms with Gasteiger partial charge in [0.1, 0.15) is 5.78 Å². The van der Waals surface area contributed by atoms with Gasteiger partial charge in [0.15, 0.2) is 0 Å². The topological polar surface area (TPSA) is 17.1 Å². The van der Waals surface area contributed by atoms with Crippen molar-refractivity contribution in [2.75, 3.05) is 0 Å². The summed E-state index contributed by atoms with van der Waals surface area (Å²) in [6, 6.07) is 0. The Hall–Kier alpha value is -0.0400. The van der Waals surface area contributed by atoms with E-state index in [0.717, 1.165) is 19.3 Å². The zero-order valence-electron chi connectivity index (χ0n) is 13.5. The van der Waals surface area contributed by atoms with E-state index in [1.165, 1.54) is 38.5 Å². The molecule has 4 aliphatic rings. The van der Waals surface area contributed by atoms with Gasteiger partial charge in [0.2, 0.25) is 0 Å². The normalized spacial score (nSPS) is 56.5. The molecule has 0 radical (unpaired) electrons. The molecule has 4 rings (SSSR count). The highest BCUT2D eigenvalue weighted by atomic mass is 35.5. The van der Waals surface area contributed by atoms with Gasteiger partial charge in [-0.15, -0.1) is 11.6 Å². The van der Waals surface area contributed by atoms with Crippen molar-refractivity contribution in [3.63, 3.8) is 0 Å². The highest BCUT2D eigenvalue weighted by molar-refractivity contribution is 6.20. The molecule has 7 unspecified atom stereocenters. The van der Waals surface area contributed by atoms with E-state index < -0.39 is 0 Å². The van der Waals surface area contributed by atoms with Crippen LogP contribution in [0.3, 0.4) is 0 Å². The van der Waals surface area contributed by atoms with E-state index >= 15 is 0 Å². The van der Waals surface area contributed by atoms with Crippen LogP contribution in [0.5, 0.6) is 0 Å².